The van der Waals surface area contributed by atoms with E-state index in [1.165, 1.54) is 56.1 Å². The molecule has 2 N–H and O–H groups in total. The molecule has 0 bridgehead atoms. The van der Waals surface area contributed by atoms with Crippen LogP contribution >= 0.6 is 0 Å². The Balaban J connectivity index is 0.967. The zero-order valence-electron chi connectivity index (χ0n) is 38.1. The van der Waals surface area contributed by atoms with Crippen molar-refractivity contribution in [3.8, 4) is 22.3 Å². The normalized spacial score (nSPS) is 24.4. The molecule has 0 spiro atoms. The minimum absolute atomic E-state index is 0.0663. The van der Waals surface area contributed by atoms with Gasteiger partial charge in [-0.05, 0) is 107 Å². The summed E-state index contributed by atoms with van der Waals surface area (Å²) >= 11 is 0. The fourth-order valence-corrected chi connectivity index (χ4v) is 11.7. The van der Waals surface area contributed by atoms with Gasteiger partial charge in [0.15, 0.2) is 0 Å². The molecule has 0 saturated carbocycles. The molecule has 1 aromatic heterocycles. The number of benzene rings is 4. The van der Waals surface area contributed by atoms with Crippen LogP contribution in [0.15, 0.2) is 233 Å². The van der Waals surface area contributed by atoms with E-state index in [0.29, 0.717) is 5.92 Å². The number of aromatic nitrogens is 1. The molecule has 13 rings (SSSR count). The second-order valence-corrected chi connectivity index (χ2v) is 19.0. The summed E-state index contributed by atoms with van der Waals surface area (Å²) in [6, 6.07) is 41.6. The highest BCUT2D eigenvalue weighted by atomic mass is 16.5. The summed E-state index contributed by atoms with van der Waals surface area (Å²) in [5.41, 5.74) is 18.0. The topological polar surface area (TPSA) is 61.8 Å². The molecule has 5 aliphatic carbocycles. The second-order valence-electron chi connectivity index (χ2n) is 19.0. The molecule has 0 amide bonds. The first-order valence-electron chi connectivity index (χ1n) is 24.5. The van der Waals surface area contributed by atoms with E-state index in [1.807, 2.05) is 0 Å². The average Bonchev–Trinajstić information content (AvgIpc) is 3.95. The van der Waals surface area contributed by atoms with Crippen molar-refractivity contribution in [2.24, 2.45) is 22.7 Å². The highest BCUT2D eigenvalue weighted by Gasteiger charge is 2.46. The van der Waals surface area contributed by atoms with Crippen LogP contribution in [0.2, 0.25) is 0 Å². The van der Waals surface area contributed by atoms with Crippen molar-refractivity contribution in [3.05, 3.63) is 251 Å². The lowest BCUT2D eigenvalue weighted by Crippen LogP contribution is -2.54. The van der Waals surface area contributed by atoms with Gasteiger partial charge in [-0.25, -0.2) is 4.99 Å². The highest BCUT2D eigenvalue weighted by Crippen LogP contribution is 2.56. The average molecular weight is 884 g/mol. The lowest BCUT2D eigenvalue weighted by molar-refractivity contribution is 0.289. The van der Waals surface area contributed by atoms with Gasteiger partial charge in [0.05, 0.1) is 17.8 Å². The van der Waals surface area contributed by atoms with Crippen molar-refractivity contribution in [2.45, 2.75) is 57.3 Å². The molecule has 0 saturated heterocycles. The number of pyridine rings is 1. The summed E-state index contributed by atoms with van der Waals surface area (Å²) in [6.07, 6.45) is 35.7. The Bertz CT molecular complexity index is 3200. The van der Waals surface area contributed by atoms with Crippen LogP contribution in [0.25, 0.3) is 33.4 Å². The van der Waals surface area contributed by atoms with Crippen LogP contribution in [-0.2, 0) is 4.74 Å². The highest BCUT2D eigenvalue weighted by molar-refractivity contribution is 6.06. The quantitative estimate of drug-likeness (QED) is 0.163. The first-order chi connectivity index (χ1) is 33.7. The van der Waals surface area contributed by atoms with Gasteiger partial charge in [0.2, 0.25) is 0 Å². The summed E-state index contributed by atoms with van der Waals surface area (Å²) in [4.78, 5) is 13.8. The molecule has 332 valence electrons. The van der Waals surface area contributed by atoms with Crippen LogP contribution in [0.5, 0.6) is 0 Å². The third-order valence-electron chi connectivity index (χ3n) is 15.0. The van der Waals surface area contributed by atoms with E-state index < -0.39 is 0 Å². The molecule has 0 radical (unpaired) electrons. The third-order valence-corrected chi connectivity index (χ3v) is 15.0. The van der Waals surface area contributed by atoms with E-state index in [2.05, 4.69) is 210 Å². The van der Waals surface area contributed by atoms with E-state index in [-0.39, 0.29) is 24.2 Å². The van der Waals surface area contributed by atoms with Gasteiger partial charge in [0.1, 0.15) is 23.5 Å². The molecule has 4 aromatic carbocycles. The van der Waals surface area contributed by atoms with Crippen LogP contribution < -0.4 is 15.5 Å². The molecule has 4 heterocycles. The SMILES string of the molecule is C1=CCCC(c2ccc(-c3ccccc3)cc2-c2cnc(C3=CCCC4=C3C3CC5=C(C=C3O4)C3CC=CC=C3N5c3ccccc3)c(C3=NC(c4ccccc4)NC(C4C=CC=CC4)N3)c2)=C1. The van der Waals surface area contributed by atoms with Crippen molar-refractivity contribution in [2.75, 3.05) is 4.90 Å². The molecular formula is C62H53N5O. The van der Waals surface area contributed by atoms with Gasteiger partial charge < -0.3 is 15.0 Å². The number of hydrogen-bond donors (Lipinski definition) is 2. The van der Waals surface area contributed by atoms with Crippen molar-refractivity contribution < 1.29 is 4.74 Å². The van der Waals surface area contributed by atoms with E-state index in [9.17, 15) is 0 Å². The lowest BCUT2D eigenvalue weighted by atomic mass is 9.78. The van der Waals surface area contributed by atoms with E-state index in [4.69, 9.17) is 14.7 Å². The summed E-state index contributed by atoms with van der Waals surface area (Å²) in [6.45, 7) is 0. The smallest absolute Gasteiger partial charge is 0.133 e. The third kappa shape index (κ3) is 7.22. The zero-order valence-corrected chi connectivity index (χ0v) is 38.1. The monoisotopic (exact) mass is 883 g/mol. The van der Waals surface area contributed by atoms with E-state index in [1.54, 1.807) is 0 Å². The van der Waals surface area contributed by atoms with E-state index in [0.717, 1.165) is 90.3 Å². The molecule has 3 aliphatic heterocycles. The fraction of sp³-hybridized carbons (Fsp3) is 0.194. The summed E-state index contributed by atoms with van der Waals surface area (Å²) in [7, 11) is 0. The van der Waals surface area contributed by atoms with Crippen molar-refractivity contribution >= 4 is 22.7 Å². The Hall–Kier alpha value is -7.54. The summed E-state index contributed by atoms with van der Waals surface area (Å²) < 4.78 is 7.04. The van der Waals surface area contributed by atoms with Gasteiger partial charge in [-0.2, -0.15) is 0 Å². The van der Waals surface area contributed by atoms with Crippen molar-refractivity contribution in [1.29, 1.82) is 0 Å². The summed E-state index contributed by atoms with van der Waals surface area (Å²) in [5, 5.41) is 7.90. The number of allylic oxidation sites excluding steroid dienone is 17. The maximum absolute atomic E-state index is 7.04. The van der Waals surface area contributed by atoms with Crippen LogP contribution in [0.4, 0.5) is 5.69 Å². The second kappa shape index (κ2) is 17.3. The molecule has 0 fully saturated rings. The van der Waals surface area contributed by atoms with Gasteiger partial charge in [-0.3, -0.25) is 10.3 Å². The lowest BCUT2D eigenvalue weighted by Gasteiger charge is -2.36. The number of hydrogen-bond acceptors (Lipinski definition) is 6. The van der Waals surface area contributed by atoms with Crippen molar-refractivity contribution in [3.63, 3.8) is 0 Å². The molecular weight excluding hydrogens is 831 g/mol. The number of nitrogens with zero attached hydrogens (tertiary/aromatic N) is 3. The Morgan fingerprint density at radius 3 is 2.31 bits per heavy atom. The Kier molecular flexibility index (Phi) is 10.3. The first-order valence-corrected chi connectivity index (χ1v) is 24.5. The predicted octanol–water partition coefficient (Wildman–Crippen LogP) is 13.8. The van der Waals surface area contributed by atoms with Crippen LogP contribution in [0.1, 0.15) is 73.5 Å². The molecule has 6 nitrogen and oxygen atoms in total. The molecule has 68 heavy (non-hydrogen) atoms. The Morgan fingerprint density at radius 2 is 1.49 bits per heavy atom. The van der Waals surface area contributed by atoms with Crippen LogP contribution in [0, 0.1) is 17.8 Å². The molecule has 5 aromatic rings. The van der Waals surface area contributed by atoms with Gasteiger partial charge in [0.25, 0.3) is 0 Å². The molecule has 5 atom stereocenters. The molecule has 6 heteroatoms. The number of para-hydroxylation sites is 1. The van der Waals surface area contributed by atoms with Gasteiger partial charge in [-0.15, -0.1) is 0 Å². The number of anilines is 1. The standard InChI is InChI=1S/C62H53N5O/c1-6-19-40(20-7-1)44-33-34-47(41-21-8-2-9-22-41)50(35-44)45-36-53(62-65-60(42-23-10-3-11-24-42)64-61(66-62)43-25-12-4-13-26-43)59(63-39-45)49-30-18-32-56-58(49)52-37-55-51(38-57(52)68-56)48-29-16-17-31-54(48)67(55)46-27-14-5-15-28-46/h1-8,10-17,19-21,23-25,27-28,30-31,33-36,38-39,43,48,52,60-61,64H,9,18,22,26,29,32,37H2,(H,65,66). The predicted molar refractivity (Wildman–Crippen MR) is 276 cm³/mol. The Morgan fingerprint density at radius 1 is 0.676 bits per heavy atom. The molecule has 8 aliphatic rings. The van der Waals surface area contributed by atoms with Crippen molar-refractivity contribution in [1.82, 2.24) is 15.6 Å². The number of rotatable bonds is 8. The van der Waals surface area contributed by atoms with Crippen LogP contribution in [0.3, 0.4) is 0 Å². The number of fused-ring (bicyclic) bond motifs is 4. The van der Waals surface area contributed by atoms with Crippen LogP contribution in [-0.4, -0.2) is 17.0 Å². The van der Waals surface area contributed by atoms with Gasteiger partial charge >= 0.3 is 0 Å². The van der Waals surface area contributed by atoms with Gasteiger partial charge in [0, 0.05) is 70.2 Å². The number of amidine groups is 1. The number of ether oxygens (including phenoxy) is 1. The maximum Gasteiger partial charge on any atom is 0.133 e. The largest absolute Gasteiger partial charge is 0.465 e. The summed E-state index contributed by atoms with van der Waals surface area (Å²) in [5.74, 6) is 3.61. The minimum atomic E-state index is -0.258. The first kappa shape index (κ1) is 40.7. The maximum atomic E-state index is 7.04. The Labute approximate surface area is 399 Å². The zero-order chi connectivity index (χ0) is 45.0. The van der Waals surface area contributed by atoms with Gasteiger partial charge in [-0.1, -0.05) is 152 Å². The molecule has 5 unspecified atom stereocenters. The minimum Gasteiger partial charge on any atom is -0.465 e. The van der Waals surface area contributed by atoms with E-state index >= 15 is 0 Å². The number of nitrogens with one attached hydrogen (secondary N) is 2. The number of aliphatic imine (C=N–C) groups is 1. The fourth-order valence-electron chi connectivity index (χ4n) is 11.7.